The zero-order valence-electron chi connectivity index (χ0n) is 21.6. The van der Waals surface area contributed by atoms with Gasteiger partial charge in [-0.3, -0.25) is 14.9 Å². The van der Waals surface area contributed by atoms with Crippen LogP contribution in [0.3, 0.4) is 0 Å². The van der Waals surface area contributed by atoms with E-state index in [1.54, 1.807) is 12.1 Å². The lowest BCUT2D eigenvalue weighted by Gasteiger charge is -2.16. The number of ether oxygens (including phenoxy) is 3. The highest BCUT2D eigenvalue weighted by Gasteiger charge is 2.18. The molecule has 202 valence electrons. The second-order valence-corrected chi connectivity index (χ2v) is 9.62. The van der Waals surface area contributed by atoms with Gasteiger partial charge in [0.1, 0.15) is 24.0 Å². The van der Waals surface area contributed by atoms with Crippen molar-refractivity contribution in [1.82, 2.24) is 0 Å². The van der Waals surface area contributed by atoms with Crippen LogP contribution in [-0.2, 0) is 11.4 Å². The summed E-state index contributed by atoms with van der Waals surface area (Å²) in [6, 6.07) is 23.3. The maximum Gasteiger partial charge on any atom is 0.273 e. The smallest absolute Gasteiger partial charge is 0.273 e. The third-order valence-electron chi connectivity index (χ3n) is 5.90. The van der Waals surface area contributed by atoms with Gasteiger partial charge in [0.25, 0.3) is 11.6 Å². The molecule has 0 aliphatic carbocycles. The third-order valence-corrected chi connectivity index (χ3v) is 6.71. The molecule has 0 aliphatic heterocycles. The number of nitro benzene ring substituents is 1. The Labute approximate surface area is 244 Å². The molecule has 0 heterocycles. The second kappa shape index (κ2) is 12.9. The van der Waals surface area contributed by atoms with Crippen molar-refractivity contribution in [3.05, 3.63) is 103 Å². The number of hydrogen-bond donors (Lipinski definition) is 1. The predicted molar refractivity (Wildman–Crippen MR) is 160 cm³/mol. The van der Waals surface area contributed by atoms with Crippen LogP contribution in [0.2, 0.25) is 0 Å². The second-order valence-electron chi connectivity index (χ2n) is 8.46. The molecule has 0 radical (unpaired) electrons. The Bertz CT molecular complexity index is 1660. The van der Waals surface area contributed by atoms with Gasteiger partial charge in [-0.1, -0.05) is 42.5 Å². The van der Waals surface area contributed by atoms with Gasteiger partial charge in [-0.2, -0.15) is 5.26 Å². The lowest BCUT2D eigenvalue weighted by atomic mass is 10.1. The van der Waals surface area contributed by atoms with Crippen molar-refractivity contribution in [1.29, 1.82) is 5.26 Å². The van der Waals surface area contributed by atoms with Crippen molar-refractivity contribution < 1.29 is 23.9 Å². The number of anilines is 1. The summed E-state index contributed by atoms with van der Waals surface area (Å²) in [6.07, 6.45) is 1.44. The minimum Gasteiger partial charge on any atom is -0.494 e. The van der Waals surface area contributed by atoms with Crippen LogP contribution in [-0.4, -0.2) is 24.5 Å². The number of hydrogen-bond acceptors (Lipinski definition) is 7. The lowest BCUT2D eigenvalue weighted by Crippen LogP contribution is -2.14. The number of nitrogens with zero attached hydrogens (tertiary/aromatic N) is 2. The molecule has 0 aromatic heterocycles. The van der Waals surface area contributed by atoms with E-state index < -0.39 is 10.8 Å². The monoisotopic (exact) mass is 649 g/mol. The number of rotatable bonds is 10. The molecule has 0 saturated carbocycles. The van der Waals surface area contributed by atoms with Crippen molar-refractivity contribution in [2.24, 2.45) is 0 Å². The number of benzene rings is 4. The van der Waals surface area contributed by atoms with Gasteiger partial charge >= 0.3 is 0 Å². The SMILES string of the molecule is CCOc1cc(/C=C(\C#N)C(=O)Nc2ccc([N+](=O)[O-])cc2OC)cc(I)c1OCc1cccc2ccccc12. The maximum absolute atomic E-state index is 12.9. The van der Waals surface area contributed by atoms with E-state index in [4.69, 9.17) is 14.2 Å². The van der Waals surface area contributed by atoms with Gasteiger partial charge in [0.15, 0.2) is 11.5 Å². The molecule has 0 bridgehead atoms. The fraction of sp³-hybridized carbons (Fsp3) is 0.133. The van der Waals surface area contributed by atoms with Crippen LogP contribution < -0.4 is 19.5 Å². The molecule has 40 heavy (non-hydrogen) atoms. The molecule has 0 unspecified atom stereocenters. The van der Waals surface area contributed by atoms with Crippen LogP contribution in [0, 0.1) is 25.0 Å². The highest BCUT2D eigenvalue weighted by atomic mass is 127. The van der Waals surface area contributed by atoms with Crippen molar-refractivity contribution in [2.75, 3.05) is 19.0 Å². The summed E-state index contributed by atoms with van der Waals surface area (Å²) in [5.74, 6) is 0.446. The lowest BCUT2D eigenvalue weighted by molar-refractivity contribution is -0.384. The number of amides is 1. The largest absolute Gasteiger partial charge is 0.494 e. The Morgan fingerprint density at radius 2 is 1.85 bits per heavy atom. The van der Waals surface area contributed by atoms with Crippen molar-refractivity contribution >= 4 is 56.7 Å². The number of carbonyl (C=O) groups is 1. The summed E-state index contributed by atoms with van der Waals surface area (Å²) in [4.78, 5) is 23.4. The summed E-state index contributed by atoms with van der Waals surface area (Å²) in [7, 11) is 1.33. The normalized spacial score (nSPS) is 11.0. The topological polar surface area (TPSA) is 124 Å². The van der Waals surface area contributed by atoms with Crippen molar-refractivity contribution in [2.45, 2.75) is 13.5 Å². The van der Waals surface area contributed by atoms with Gasteiger partial charge in [-0.25, -0.2) is 0 Å². The van der Waals surface area contributed by atoms with E-state index in [0.29, 0.717) is 30.3 Å². The molecule has 4 aromatic rings. The first kappa shape index (κ1) is 28.4. The molecule has 0 fully saturated rings. The van der Waals surface area contributed by atoms with Gasteiger partial charge in [0, 0.05) is 6.07 Å². The number of carbonyl (C=O) groups excluding carboxylic acids is 1. The molecule has 0 saturated heterocycles. The zero-order valence-corrected chi connectivity index (χ0v) is 23.8. The van der Waals surface area contributed by atoms with Gasteiger partial charge in [-0.15, -0.1) is 0 Å². The average molecular weight is 649 g/mol. The van der Waals surface area contributed by atoms with E-state index in [0.717, 1.165) is 19.9 Å². The highest BCUT2D eigenvalue weighted by molar-refractivity contribution is 14.1. The van der Waals surface area contributed by atoms with Crippen LogP contribution in [0.1, 0.15) is 18.1 Å². The van der Waals surface area contributed by atoms with E-state index in [1.165, 1.54) is 31.4 Å². The van der Waals surface area contributed by atoms with Crippen LogP contribution in [0.25, 0.3) is 16.8 Å². The van der Waals surface area contributed by atoms with E-state index >= 15 is 0 Å². The van der Waals surface area contributed by atoms with Crippen LogP contribution in [0.4, 0.5) is 11.4 Å². The Balaban J connectivity index is 1.59. The number of nitrogens with one attached hydrogen (secondary N) is 1. The van der Waals surface area contributed by atoms with E-state index in [-0.39, 0.29) is 22.7 Å². The average Bonchev–Trinajstić information content (AvgIpc) is 2.95. The molecular formula is C30H24IN3O6. The highest BCUT2D eigenvalue weighted by Crippen LogP contribution is 2.36. The Morgan fingerprint density at radius 3 is 2.58 bits per heavy atom. The molecule has 1 amide bonds. The number of nitro groups is 1. The number of non-ortho nitro benzene ring substituents is 1. The summed E-state index contributed by atoms with van der Waals surface area (Å²) >= 11 is 2.14. The summed E-state index contributed by atoms with van der Waals surface area (Å²) in [5.41, 5.74) is 1.42. The molecule has 0 aliphatic rings. The molecule has 4 aromatic carbocycles. The van der Waals surface area contributed by atoms with Crippen LogP contribution >= 0.6 is 22.6 Å². The molecule has 10 heteroatoms. The fourth-order valence-corrected chi connectivity index (χ4v) is 4.83. The molecule has 0 spiro atoms. The van der Waals surface area contributed by atoms with Crippen molar-refractivity contribution in [3.63, 3.8) is 0 Å². The van der Waals surface area contributed by atoms with Gasteiger partial charge < -0.3 is 19.5 Å². The Morgan fingerprint density at radius 1 is 1.07 bits per heavy atom. The van der Waals surface area contributed by atoms with Crippen molar-refractivity contribution in [3.8, 4) is 23.3 Å². The first-order chi connectivity index (χ1) is 19.3. The molecule has 9 nitrogen and oxygen atoms in total. The number of fused-ring (bicyclic) bond motifs is 1. The standard InChI is InChI=1S/C30H24IN3O6/c1-3-39-28-15-19(13-22(17-32)30(35)33-26-12-11-23(34(36)37)16-27(26)38-2)14-25(31)29(28)40-18-21-9-6-8-20-7-4-5-10-24(20)21/h4-16H,3,18H2,1-2H3,(H,33,35)/b22-13+. The van der Waals surface area contributed by atoms with E-state index in [9.17, 15) is 20.2 Å². The van der Waals surface area contributed by atoms with Crippen LogP contribution in [0.15, 0.2) is 78.4 Å². The van der Waals surface area contributed by atoms with E-state index in [2.05, 4.69) is 46.1 Å². The van der Waals surface area contributed by atoms with Gasteiger partial charge in [0.05, 0.1) is 34.0 Å². The first-order valence-electron chi connectivity index (χ1n) is 12.2. The number of methoxy groups -OCH3 is 1. The number of nitriles is 1. The summed E-state index contributed by atoms with van der Waals surface area (Å²) < 4.78 is 18.0. The van der Waals surface area contributed by atoms with Crippen LogP contribution in [0.5, 0.6) is 17.2 Å². The maximum atomic E-state index is 12.9. The predicted octanol–water partition coefficient (Wildman–Crippen LogP) is 6.88. The quantitative estimate of drug-likeness (QED) is 0.0653. The first-order valence-corrected chi connectivity index (χ1v) is 13.2. The third kappa shape index (κ3) is 6.50. The molecular weight excluding hydrogens is 625 g/mol. The minimum absolute atomic E-state index is 0.0979. The molecule has 4 rings (SSSR count). The molecule has 0 atom stereocenters. The zero-order chi connectivity index (χ0) is 28.6. The molecule has 1 N–H and O–H groups in total. The minimum atomic E-state index is -0.695. The fourth-order valence-electron chi connectivity index (χ4n) is 4.04. The van der Waals surface area contributed by atoms with Gasteiger partial charge in [-0.05, 0) is 75.7 Å². The number of halogens is 1. The Hall–Kier alpha value is -4.63. The van der Waals surface area contributed by atoms with E-state index in [1.807, 2.05) is 37.3 Å². The summed E-state index contributed by atoms with van der Waals surface area (Å²) in [6.45, 7) is 2.57. The summed E-state index contributed by atoms with van der Waals surface area (Å²) in [5, 5.41) is 25.6. The Kier molecular flexibility index (Phi) is 9.19. The van der Waals surface area contributed by atoms with Gasteiger partial charge in [0.2, 0.25) is 0 Å².